The van der Waals surface area contributed by atoms with Gasteiger partial charge in [-0.25, -0.2) is 0 Å². The lowest BCUT2D eigenvalue weighted by Gasteiger charge is -2.40. The Morgan fingerprint density at radius 1 is 1.43 bits per heavy atom. The molecule has 3 nitrogen and oxygen atoms in total. The zero-order valence-corrected chi connectivity index (χ0v) is 14.3. The predicted octanol–water partition coefficient (Wildman–Crippen LogP) is 2.96. The van der Waals surface area contributed by atoms with E-state index in [2.05, 4.69) is 48.0 Å². The molecule has 0 spiro atoms. The number of hydrazine groups is 1. The summed E-state index contributed by atoms with van der Waals surface area (Å²) >= 11 is 4.23. The van der Waals surface area contributed by atoms with E-state index in [1.807, 2.05) is 6.20 Å². The highest BCUT2D eigenvalue weighted by molar-refractivity contribution is 8.07. The van der Waals surface area contributed by atoms with Gasteiger partial charge in [0, 0.05) is 45.9 Å². The Morgan fingerprint density at radius 2 is 2.29 bits per heavy atom. The summed E-state index contributed by atoms with van der Waals surface area (Å²) in [5.41, 5.74) is 5.89. The minimum Gasteiger partial charge on any atom is -0.271 e. The molecule has 2 aliphatic rings. The SMILES string of the molecule is CCC1SCCSC1C(NN)C1CCCc2cccnc21. The third kappa shape index (κ3) is 3.26. The van der Waals surface area contributed by atoms with Crippen LogP contribution in [-0.2, 0) is 6.42 Å². The van der Waals surface area contributed by atoms with Crippen LogP contribution >= 0.6 is 23.5 Å². The van der Waals surface area contributed by atoms with Crippen molar-refractivity contribution in [1.29, 1.82) is 0 Å². The first-order chi connectivity index (χ1) is 10.3. The zero-order valence-electron chi connectivity index (χ0n) is 12.6. The van der Waals surface area contributed by atoms with E-state index in [-0.39, 0.29) is 0 Å². The minimum atomic E-state index is 0.335. The van der Waals surface area contributed by atoms with Crippen molar-refractivity contribution in [3.63, 3.8) is 0 Å². The molecule has 3 N–H and O–H groups in total. The van der Waals surface area contributed by atoms with Crippen molar-refractivity contribution in [2.24, 2.45) is 5.84 Å². The summed E-state index contributed by atoms with van der Waals surface area (Å²) in [4.78, 5) is 4.70. The molecule has 1 aromatic rings. The average molecular weight is 324 g/mol. The summed E-state index contributed by atoms with van der Waals surface area (Å²) in [6.07, 6.45) is 6.79. The van der Waals surface area contributed by atoms with Gasteiger partial charge in [-0.15, -0.1) is 0 Å². The highest BCUT2D eigenvalue weighted by Crippen LogP contribution is 2.41. The van der Waals surface area contributed by atoms with Gasteiger partial charge in [-0.05, 0) is 37.3 Å². The Balaban J connectivity index is 1.86. The Hall–Kier alpha value is -0.230. The van der Waals surface area contributed by atoms with Crippen LogP contribution in [0.3, 0.4) is 0 Å². The Bertz CT molecular complexity index is 469. The third-order valence-corrected chi connectivity index (χ3v) is 8.08. The molecule has 2 heterocycles. The number of hydrogen-bond acceptors (Lipinski definition) is 5. The topological polar surface area (TPSA) is 50.9 Å². The quantitative estimate of drug-likeness (QED) is 0.659. The Labute approximate surface area is 136 Å². The zero-order chi connectivity index (χ0) is 14.7. The molecule has 5 heteroatoms. The van der Waals surface area contributed by atoms with Gasteiger partial charge in [0.05, 0.1) is 0 Å². The molecule has 4 unspecified atom stereocenters. The van der Waals surface area contributed by atoms with E-state index in [1.165, 1.54) is 48.4 Å². The molecule has 0 amide bonds. The van der Waals surface area contributed by atoms with Crippen molar-refractivity contribution >= 4 is 23.5 Å². The van der Waals surface area contributed by atoms with E-state index in [4.69, 9.17) is 10.8 Å². The van der Waals surface area contributed by atoms with Crippen LogP contribution in [0.4, 0.5) is 0 Å². The number of aryl methyl sites for hydroxylation is 1. The van der Waals surface area contributed by atoms with E-state index in [0.29, 0.717) is 22.5 Å². The first kappa shape index (κ1) is 15.7. The van der Waals surface area contributed by atoms with Crippen molar-refractivity contribution in [3.05, 3.63) is 29.6 Å². The summed E-state index contributed by atoms with van der Waals surface area (Å²) in [5.74, 6) is 8.99. The molecule has 0 aromatic carbocycles. The molecule has 1 aliphatic heterocycles. The maximum absolute atomic E-state index is 6.01. The first-order valence-corrected chi connectivity index (χ1v) is 10.1. The molecule has 1 aliphatic carbocycles. The summed E-state index contributed by atoms with van der Waals surface area (Å²) in [7, 11) is 0. The second-order valence-electron chi connectivity index (χ2n) is 5.89. The predicted molar refractivity (Wildman–Crippen MR) is 93.8 cm³/mol. The number of aromatic nitrogens is 1. The average Bonchev–Trinajstić information content (AvgIpc) is 2.56. The largest absolute Gasteiger partial charge is 0.271 e. The van der Waals surface area contributed by atoms with Crippen LogP contribution in [0.1, 0.15) is 43.4 Å². The van der Waals surface area contributed by atoms with Crippen molar-refractivity contribution in [3.8, 4) is 0 Å². The van der Waals surface area contributed by atoms with Gasteiger partial charge in [0.25, 0.3) is 0 Å². The molecule has 21 heavy (non-hydrogen) atoms. The molecule has 116 valence electrons. The smallest absolute Gasteiger partial charge is 0.0482 e. The van der Waals surface area contributed by atoms with Crippen LogP contribution in [0.25, 0.3) is 0 Å². The molecule has 4 atom stereocenters. The Morgan fingerprint density at radius 3 is 3.10 bits per heavy atom. The van der Waals surface area contributed by atoms with Gasteiger partial charge in [0.2, 0.25) is 0 Å². The van der Waals surface area contributed by atoms with E-state index in [1.54, 1.807) is 0 Å². The highest BCUT2D eigenvalue weighted by atomic mass is 32.2. The van der Waals surface area contributed by atoms with Crippen LogP contribution in [-0.4, -0.2) is 33.0 Å². The van der Waals surface area contributed by atoms with Crippen molar-refractivity contribution in [2.45, 2.75) is 55.1 Å². The lowest BCUT2D eigenvalue weighted by molar-refractivity contribution is 0.374. The van der Waals surface area contributed by atoms with Crippen LogP contribution in [0, 0.1) is 0 Å². The molecule has 0 saturated carbocycles. The number of thioether (sulfide) groups is 2. The van der Waals surface area contributed by atoms with Crippen molar-refractivity contribution in [2.75, 3.05) is 11.5 Å². The molecule has 1 fully saturated rings. The van der Waals surface area contributed by atoms with Gasteiger partial charge in [0.1, 0.15) is 0 Å². The summed E-state index contributed by atoms with van der Waals surface area (Å²) in [6.45, 7) is 2.30. The van der Waals surface area contributed by atoms with E-state index < -0.39 is 0 Å². The summed E-state index contributed by atoms with van der Waals surface area (Å²) < 4.78 is 0. The lowest BCUT2D eigenvalue weighted by atomic mass is 9.80. The maximum atomic E-state index is 6.01. The second-order valence-corrected chi connectivity index (χ2v) is 8.52. The number of rotatable bonds is 4. The van der Waals surface area contributed by atoms with Crippen LogP contribution in [0.2, 0.25) is 0 Å². The summed E-state index contributed by atoms with van der Waals surface area (Å²) in [6, 6.07) is 4.63. The number of nitrogens with two attached hydrogens (primary N) is 1. The fourth-order valence-electron chi connectivity index (χ4n) is 3.71. The number of pyridine rings is 1. The van der Waals surface area contributed by atoms with Crippen molar-refractivity contribution < 1.29 is 0 Å². The number of hydrogen-bond donors (Lipinski definition) is 2. The minimum absolute atomic E-state index is 0.335. The van der Waals surface area contributed by atoms with E-state index in [9.17, 15) is 0 Å². The highest BCUT2D eigenvalue weighted by Gasteiger charge is 2.38. The van der Waals surface area contributed by atoms with Gasteiger partial charge < -0.3 is 0 Å². The van der Waals surface area contributed by atoms with Crippen LogP contribution in [0.5, 0.6) is 0 Å². The Kier molecular flexibility index (Phi) is 5.49. The molecule has 0 bridgehead atoms. The van der Waals surface area contributed by atoms with Crippen LogP contribution in [0.15, 0.2) is 18.3 Å². The normalized spacial score (nSPS) is 30.7. The van der Waals surface area contributed by atoms with Crippen molar-refractivity contribution in [1.82, 2.24) is 10.4 Å². The van der Waals surface area contributed by atoms with Gasteiger partial charge in [-0.1, -0.05) is 13.0 Å². The van der Waals surface area contributed by atoms with E-state index >= 15 is 0 Å². The van der Waals surface area contributed by atoms with Gasteiger partial charge in [0.15, 0.2) is 0 Å². The monoisotopic (exact) mass is 323 g/mol. The van der Waals surface area contributed by atoms with Gasteiger partial charge >= 0.3 is 0 Å². The molecule has 3 rings (SSSR count). The van der Waals surface area contributed by atoms with Gasteiger partial charge in [-0.3, -0.25) is 16.3 Å². The fourth-order valence-corrected chi connectivity index (χ4v) is 7.00. The fraction of sp³-hybridized carbons (Fsp3) is 0.688. The molecular formula is C16H25N3S2. The number of fused-ring (bicyclic) bond motifs is 1. The molecular weight excluding hydrogens is 298 g/mol. The van der Waals surface area contributed by atoms with E-state index in [0.717, 1.165) is 0 Å². The first-order valence-electron chi connectivity index (χ1n) is 7.98. The molecule has 0 radical (unpaired) electrons. The standard InChI is InChI=1S/C16H25N3S2/c1-2-13-16(21-10-9-20-13)15(19-17)12-7-3-5-11-6-4-8-18-14(11)12/h4,6,8,12-13,15-16,19H,2-3,5,7,9-10,17H2,1H3. The molecule has 1 aromatic heterocycles. The summed E-state index contributed by atoms with van der Waals surface area (Å²) in [5, 5.41) is 1.30. The maximum Gasteiger partial charge on any atom is 0.0482 e. The number of nitrogens with zero attached hydrogens (tertiary/aromatic N) is 1. The molecule has 1 saturated heterocycles. The van der Waals surface area contributed by atoms with Crippen LogP contribution < -0.4 is 11.3 Å². The van der Waals surface area contributed by atoms with Gasteiger partial charge in [-0.2, -0.15) is 23.5 Å². The second kappa shape index (κ2) is 7.36. The number of nitrogens with one attached hydrogen (secondary N) is 1. The lowest BCUT2D eigenvalue weighted by Crippen LogP contribution is -2.52. The third-order valence-electron chi connectivity index (χ3n) is 4.71.